The Balaban J connectivity index is 2.01. The molecule has 1 atom stereocenters. The lowest BCUT2D eigenvalue weighted by atomic mass is 9.94. The zero-order valence-electron chi connectivity index (χ0n) is 18.5. The molecule has 2 heterocycles. The standard InChI is InChI=1S/C24H22N2O7/c1-13-10-18(25-33-13)26-20(15-11-16(30-2)23(32-4)17(12-15)31-3)19(22(28)24(26)29)21(27)14-8-6-5-7-9-14/h5-12,20,27H,1-4H3/b21-19+/t20-/m0/s1. The zero-order chi connectivity index (χ0) is 23.7. The second-order valence-corrected chi connectivity index (χ2v) is 7.29. The van der Waals surface area contributed by atoms with E-state index in [1.165, 1.54) is 26.2 Å². The summed E-state index contributed by atoms with van der Waals surface area (Å²) in [7, 11) is 4.39. The number of rotatable bonds is 6. The van der Waals surface area contributed by atoms with Crippen LogP contribution in [0.1, 0.15) is 22.9 Å². The van der Waals surface area contributed by atoms with Crippen molar-refractivity contribution in [1.82, 2.24) is 5.16 Å². The monoisotopic (exact) mass is 450 g/mol. The molecule has 0 bridgehead atoms. The molecule has 1 aliphatic heterocycles. The van der Waals surface area contributed by atoms with Crippen LogP contribution < -0.4 is 19.1 Å². The van der Waals surface area contributed by atoms with Gasteiger partial charge in [0.25, 0.3) is 5.78 Å². The number of nitrogens with zero attached hydrogens (tertiary/aromatic N) is 2. The first-order valence-corrected chi connectivity index (χ1v) is 10.0. The minimum absolute atomic E-state index is 0.0962. The third-order valence-corrected chi connectivity index (χ3v) is 5.36. The number of carbonyl (C=O) groups excluding carboxylic acids is 2. The highest BCUT2D eigenvalue weighted by Gasteiger charge is 2.48. The van der Waals surface area contributed by atoms with Crippen LogP contribution >= 0.6 is 0 Å². The van der Waals surface area contributed by atoms with Gasteiger partial charge in [0.2, 0.25) is 5.75 Å². The van der Waals surface area contributed by atoms with Gasteiger partial charge in [-0.3, -0.25) is 14.5 Å². The summed E-state index contributed by atoms with van der Waals surface area (Å²) in [5, 5.41) is 15.0. The number of anilines is 1. The molecule has 1 saturated heterocycles. The predicted molar refractivity (Wildman–Crippen MR) is 119 cm³/mol. The molecule has 1 fully saturated rings. The number of aliphatic hydroxyl groups excluding tert-OH is 1. The lowest BCUT2D eigenvalue weighted by molar-refractivity contribution is -0.132. The Bertz CT molecular complexity index is 1220. The van der Waals surface area contributed by atoms with E-state index in [0.29, 0.717) is 34.1 Å². The van der Waals surface area contributed by atoms with E-state index in [-0.39, 0.29) is 17.2 Å². The minimum Gasteiger partial charge on any atom is -0.507 e. The van der Waals surface area contributed by atoms with Gasteiger partial charge in [0.1, 0.15) is 11.5 Å². The van der Waals surface area contributed by atoms with Gasteiger partial charge in [-0.15, -0.1) is 0 Å². The Kier molecular flexibility index (Phi) is 5.78. The third kappa shape index (κ3) is 3.67. The highest BCUT2D eigenvalue weighted by molar-refractivity contribution is 6.51. The molecule has 0 radical (unpaired) electrons. The molecule has 0 unspecified atom stereocenters. The Morgan fingerprint density at radius 1 is 1.00 bits per heavy atom. The number of methoxy groups -OCH3 is 3. The zero-order valence-corrected chi connectivity index (χ0v) is 18.5. The van der Waals surface area contributed by atoms with Crippen LogP contribution in [0.3, 0.4) is 0 Å². The van der Waals surface area contributed by atoms with Gasteiger partial charge in [-0.1, -0.05) is 35.5 Å². The van der Waals surface area contributed by atoms with E-state index in [4.69, 9.17) is 18.7 Å². The van der Waals surface area contributed by atoms with Crippen molar-refractivity contribution in [2.75, 3.05) is 26.2 Å². The number of ketones is 1. The number of hydrogen-bond donors (Lipinski definition) is 1. The summed E-state index contributed by atoms with van der Waals surface area (Å²) >= 11 is 0. The van der Waals surface area contributed by atoms with Crippen LogP contribution in [0.25, 0.3) is 5.76 Å². The first kappa shape index (κ1) is 21.9. The highest BCUT2D eigenvalue weighted by atomic mass is 16.5. The van der Waals surface area contributed by atoms with E-state index in [1.807, 2.05) is 0 Å². The molecule has 1 N–H and O–H groups in total. The van der Waals surface area contributed by atoms with Gasteiger partial charge in [0.15, 0.2) is 17.3 Å². The van der Waals surface area contributed by atoms with Gasteiger partial charge in [-0.05, 0) is 24.6 Å². The Morgan fingerprint density at radius 3 is 2.15 bits per heavy atom. The van der Waals surface area contributed by atoms with E-state index in [2.05, 4.69) is 5.16 Å². The van der Waals surface area contributed by atoms with Crippen LogP contribution in [0.15, 0.2) is 58.6 Å². The number of aliphatic hydroxyl groups is 1. The molecular weight excluding hydrogens is 428 g/mol. The summed E-state index contributed by atoms with van der Waals surface area (Å²) in [5.74, 6) is -0.409. The summed E-state index contributed by atoms with van der Waals surface area (Å²) < 4.78 is 21.4. The SMILES string of the molecule is COc1cc([C@H]2/C(=C(\O)c3ccccc3)C(=O)C(=O)N2c2cc(C)on2)cc(OC)c1OC. The Labute approximate surface area is 189 Å². The molecule has 1 aliphatic rings. The van der Waals surface area contributed by atoms with Crippen LogP contribution in [0.4, 0.5) is 5.82 Å². The molecule has 2 aromatic carbocycles. The van der Waals surface area contributed by atoms with Crippen LogP contribution in [0.5, 0.6) is 17.2 Å². The fraction of sp³-hybridized carbons (Fsp3) is 0.208. The fourth-order valence-corrected chi connectivity index (χ4v) is 3.86. The van der Waals surface area contributed by atoms with Crippen molar-refractivity contribution in [3.05, 3.63) is 71.0 Å². The van der Waals surface area contributed by atoms with Crippen molar-refractivity contribution in [1.29, 1.82) is 0 Å². The van der Waals surface area contributed by atoms with E-state index in [1.54, 1.807) is 55.5 Å². The third-order valence-electron chi connectivity index (χ3n) is 5.36. The molecule has 9 heteroatoms. The number of Topliss-reactive ketones (excluding diaryl/α,β-unsaturated/α-hetero) is 1. The molecule has 33 heavy (non-hydrogen) atoms. The predicted octanol–water partition coefficient (Wildman–Crippen LogP) is 3.64. The average molecular weight is 450 g/mol. The van der Waals surface area contributed by atoms with Crippen molar-refractivity contribution < 1.29 is 33.4 Å². The van der Waals surface area contributed by atoms with E-state index < -0.39 is 17.7 Å². The maximum atomic E-state index is 13.2. The molecule has 0 saturated carbocycles. The molecule has 3 aromatic rings. The average Bonchev–Trinajstić information content (AvgIpc) is 3.38. The van der Waals surface area contributed by atoms with Crippen LogP contribution in [0.2, 0.25) is 0 Å². The number of carbonyl (C=O) groups is 2. The van der Waals surface area contributed by atoms with Gasteiger partial charge in [0, 0.05) is 11.6 Å². The number of aryl methyl sites for hydroxylation is 1. The van der Waals surface area contributed by atoms with Crippen molar-refractivity contribution in [2.45, 2.75) is 13.0 Å². The van der Waals surface area contributed by atoms with Crippen molar-refractivity contribution >= 4 is 23.3 Å². The first-order chi connectivity index (χ1) is 15.9. The van der Waals surface area contributed by atoms with Gasteiger partial charge in [-0.25, -0.2) is 0 Å². The summed E-state index contributed by atoms with van der Waals surface area (Å²) in [6, 6.07) is 12.3. The number of hydrogen-bond acceptors (Lipinski definition) is 8. The van der Waals surface area contributed by atoms with Gasteiger partial charge in [-0.2, -0.15) is 0 Å². The Morgan fingerprint density at radius 2 is 1.64 bits per heavy atom. The van der Waals surface area contributed by atoms with Gasteiger partial charge < -0.3 is 23.8 Å². The maximum Gasteiger partial charge on any atom is 0.301 e. The van der Waals surface area contributed by atoms with Gasteiger partial charge in [0.05, 0.1) is 32.9 Å². The van der Waals surface area contributed by atoms with Crippen LogP contribution in [0, 0.1) is 6.92 Å². The number of aromatic nitrogens is 1. The summed E-state index contributed by atoms with van der Waals surface area (Å²) in [4.78, 5) is 27.5. The molecule has 9 nitrogen and oxygen atoms in total. The summed E-state index contributed by atoms with van der Waals surface area (Å²) in [6.07, 6.45) is 0. The van der Waals surface area contributed by atoms with Crippen molar-refractivity contribution in [3.63, 3.8) is 0 Å². The first-order valence-electron chi connectivity index (χ1n) is 10.0. The maximum absolute atomic E-state index is 13.2. The van der Waals surface area contributed by atoms with E-state index >= 15 is 0 Å². The molecule has 0 aliphatic carbocycles. The lowest BCUT2D eigenvalue weighted by Gasteiger charge is -2.24. The summed E-state index contributed by atoms with van der Waals surface area (Å²) in [5.41, 5.74) is 0.743. The number of amides is 1. The van der Waals surface area contributed by atoms with E-state index in [9.17, 15) is 14.7 Å². The van der Waals surface area contributed by atoms with E-state index in [0.717, 1.165) is 0 Å². The normalized spacial score (nSPS) is 17.3. The van der Waals surface area contributed by atoms with Gasteiger partial charge >= 0.3 is 5.91 Å². The second-order valence-electron chi connectivity index (χ2n) is 7.29. The lowest BCUT2D eigenvalue weighted by Crippen LogP contribution is -2.29. The van der Waals surface area contributed by atoms with Crippen molar-refractivity contribution in [2.24, 2.45) is 0 Å². The van der Waals surface area contributed by atoms with Crippen molar-refractivity contribution in [3.8, 4) is 17.2 Å². The molecule has 1 aromatic heterocycles. The topological polar surface area (TPSA) is 111 Å². The number of ether oxygens (including phenoxy) is 3. The molecule has 170 valence electrons. The van der Waals surface area contributed by atoms with Crippen LogP contribution in [-0.4, -0.2) is 43.3 Å². The number of benzene rings is 2. The second kappa shape index (κ2) is 8.70. The molecule has 0 spiro atoms. The minimum atomic E-state index is -1.02. The quantitative estimate of drug-likeness (QED) is 0.344. The Hall–Kier alpha value is -4.27. The highest BCUT2D eigenvalue weighted by Crippen LogP contribution is 2.46. The molecular formula is C24H22N2O7. The molecule has 4 rings (SSSR count). The summed E-state index contributed by atoms with van der Waals surface area (Å²) in [6.45, 7) is 1.67. The largest absolute Gasteiger partial charge is 0.507 e. The van der Waals surface area contributed by atoms with Crippen LogP contribution in [-0.2, 0) is 9.59 Å². The smallest absolute Gasteiger partial charge is 0.301 e. The fourth-order valence-electron chi connectivity index (χ4n) is 3.86. The molecule has 1 amide bonds.